The van der Waals surface area contributed by atoms with Gasteiger partial charge in [0.05, 0.1) is 26.1 Å². The van der Waals surface area contributed by atoms with E-state index in [4.69, 9.17) is 22.4 Å². The van der Waals surface area contributed by atoms with Gasteiger partial charge in [0.2, 0.25) is 0 Å². The van der Waals surface area contributed by atoms with Crippen molar-refractivity contribution in [1.82, 2.24) is 14.8 Å². The van der Waals surface area contributed by atoms with Gasteiger partial charge in [-0.25, -0.2) is 9.69 Å². The number of halogens is 1. The number of anilines is 1. The second-order valence-corrected chi connectivity index (χ2v) is 11.9. The Morgan fingerprint density at radius 2 is 1.66 bits per heavy atom. The predicted molar refractivity (Wildman–Crippen MR) is 164 cm³/mol. The van der Waals surface area contributed by atoms with Crippen LogP contribution in [0.15, 0.2) is 112 Å². The standard InChI is InChI=1S/C30H24BrN5S2/c1-20-12-14-21(15-13-20)25-18-26(36(33-25)30(37)32-22-8-4-2-5-9-22)24-19-35(23-10-6-3-7-11-23)34-29(24)27-16-17-28(31)38-27/h2-17,19,26H,18H2,1H3,(H,32,37). The summed E-state index contributed by atoms with van der Waals surface area (Å²) in [5.41, 5.74) is 7.26. The van der Waals surface area contributed by atoms with Gasteiger partial charge in [0, 0.05) is 23.9 Å². The van der Waals surface area contributed by atoms with E-state index in [1.807, 2.05) is 58.2 Å². The summed E-state index contributed by atoms with van der Waals surface area (Å²) in [6.45, 7) is 2.09. The smallest absolute Gasteiger partial charge is 0.194 e. The molecule has 3 heterocycles. The van der Waals surface area contributed by atoms with E-state index >= 15 is 0 Å². The molecule has 8 heteroatoms. The van der Waals surface area contributed by atoms with E-state index in [0.29, 0.717) is 11.5 Å². The van der Waals surface area contributed by atoms with Gasteiger partial charge < -0.3 is 5.32 Å². The van der Waals surface area contributed by atoms with Crippen LogP contribution in [0.1, 0.15) is 29.2 Å². The molecular formula is C30H24BrN5S2. The molecule has 1 aliphatic heterocycles. The highest BCUT2D eigenvalue weighted by Gasteiger charge is 2.35. The second-order valence-electron chi connectivity index (χ2n) is 9.09. The Morgan fingerprint density at radius 3 is 2.34 bits per heavy atom. The van der Waals surface area contributed by atoms with Crippen LogP contribution in [-0.2, 0) is 0 Å². The van der Waals surface area contributed by atoms with Crippen LogP contribution in [0, 0.1) is 6.92 Å². The highest BCUT2D eigenvalue weighted by molar-refractivity contribution is 9.11. The van der Waals surface area contributed by atoms with Crippen molar-refractivity contribution in [2.75, 3.05) is 5.32 Å². The van der Waals surface area contributed by atoms with E-state index in [1.54, 1.807) is 11.3 Å². The van der Waals surface area contributed by atoms with Gasteiger partial charge in [-0.1, -0.05) is 66.2 Å². The number of hydrazone groups is 1. The first-order valence-corrected chi connectivity index (χ1v) is 14.3. The summed E-state index contributed by atoms with van der Waals surface area (Å²) >= 11 is 11.2. The molecule has 1 unspecified atom stereocenters. The maximum Gasteiger partial charge on any atom is 0.194 e. The Balaban J connectivity index is 1.44. The number of nitrogens with one attached hydrogen (secondary N) is 1. The number of aromatic nitrogens is 2. The van der Waals surface area contributed by atoms with Crippen LogP contribution in [0.3, 0.4) is 0 Å². The molecule has 188 valence electrons. The summed E-state index contributed by atoms with van der Waals surface area (Å²) in [5, 5.41) is 16.0. The number of nitrogens with zero attached hydrogens (tertiary/aromatic N) is 4. The van der Waals surface area contributed by atoms with Crippen LogP contribution in [0.2, 0.25) is 0 Å². The lowest BCUT2D eigenvalue weighted by molar-refractivity contribution is 0.376. The van der Waals surface area contributed by atoms with Crippen molar-refractivity contribution in [1.29, 1.82) is 0 Å². The topological polar surface area (TPSA) is 45.5 Å². The molecule has 2 aromatic heterocycles. The molecule has 0 amide bonds. The van der Waals surface area contributed by atoms with Gasteiger partial charge in [0.1, 0.15) is 5.69 Å². The zero-order chi connectivity index (χ0) is 26.1. The first kappa shape index (κ1) is 24.7. The normalized spacial score (nSPS) is 14.9. The van der Waals surface area contributed by atoms with Crippen LogP contribution in [0.25, 0.3) is 16.3 Å². The molecular weight excluding hydrogens is 574 g/mol. The van der Waals surface area contributed by atoms with E-state index in [2.05, 4.69) is 82.9 Å². The zero-order valence-corrected chi connectivity index (χ0v) is 23.8. The quantitative estimate of drug-likeness (QED) is 0.207. The largest absolute Gasteiger partial charge is 0.331 e. The lowest BCUT2D eigenvalue weighted by Crippen LogP contribution is -2.31. The van der Waals surface area contributed by atoms with Crippen molar-refractivity contribution in [3.05, 3.63) is 124 Å². The monoisotopic (exact) mass is 597 g/mol. The molecule has 38 heavy (non-hydrogen) atoms. The average Bonchev–Trinajstić information content (AvgIpc) is 3.68. The summed E-state index contributed by atoms with van der Waals surface area (Å²) in [7, 11) is 0. The maximum absolute atomic E-state index is 5.94. The molecule has 3 aromatic carbocycles. The van der Waals surface area contributed by atoms with Crippen molar-refractivity contribution in [3.8, 4) is 16.3 Å². The second kappa shape index (κ2) is 10.6. The molecule has 5 aromatic rings. The van der Waals surface area contributed by atoms with Gasteiger partial charge in [-0.2, -0.15) is 10.2 Å². The molecule has 1 aliphatic rings. The summed E-state index contributed by atoms with van der Waals surface area (Å²) in [4.78, 5) is 1.09. The predicted octanol–water partition coefficient (Wildman–Crippen LogP) is 8.22. The minimum absolute atomic E-state index is 0.122. The minimum Gasteiger partial charge on any atom is -0.331 e. The Morgan fingerprint density at radius 1 is 0.947 bits per heavy atom. The Labute approximate surface area is 239 Å². The zero-order valence-electron chi connectivity index (χ0n) is 20.6. The minimum atomic E-state index is -0.122. The third-order valence-electron chi connectivity index (χ3n) is 6.46. The first-order valence-electron chi connectivity index (χ1n) is 12.3. The Hall–Kier alpha value is -3.59. The fourth-order valence-corrected chi connectivity index (χ4v) is 6.22. The molecule has 0 radical (unpaired) electrons. The van der Waals surface area contributed by atoms with Crippen molar-refractivity contribution in [2.45, 2.75) is 19.4 Å². The number of hydrogen-bond donors (Lipinski definition) is 1. The number of thiocarbonyl (C=S) groups is 1. The van der Waals surface area contributed by atoms with Crippen LogP contribution >= 0.6 is 39.5 Å². The Kier molecular flexibility index (Phi) is 6.93. The summed E-state index contributed by atoms with van der Waals surface area (Å²) in [6.07, 6.45) is 2.83. The van der Waals surface area contributed by atoms with Gasteiger partial charge in [-0.3, -0.25) is 0 Å². The van der Waals surface area contributed by atoms with Crippen molar-refractivity contribution in [2.24, 2.45) is 5.10 Å². The van der Waals surface area contributed by atoms with Crippen molar-refractivity contribution >= 4 is 56.0 Å². The van der Waals surface area contributed by atoms with Gasteiger partial charge in [-0.15, -0.1) is 11.3 Å². The van der Waals surface area contributed by atoms with Gasteiger partial charge >= 0.3 is 0 Å². The molecule has 6 rings (SSSR count). The van der Waals surface area contributed by atoms with Crippen molar-refractivity contribution < 1.29 is 0 Å². The molecule has 5 nitrogen and oxygen atoms in total. The summed E-state index contributed by atoms with van der Waals surface area (Å²) < 4.78 is 3.02. The van der Waals surface area contributed by atoms with Gasteiger partial charge in [0.15, 0.2) is 5.11 Å². The van der Waals surface area contributed by atoms with E-state index < -0.39 is 0 Å². The van der Waals surface area contributed by atoms with Crippen LogP contribution in [0.4, 0.5) is 5.69 Å². The number of rotatable bonds is 5. The van der Waals surface area contributed by atoms with E-state index in [9.17, 15) is 0 Å². The highest BCUT2D eigenvalue weighted by Crippen LogP contribution is 2.41. The first-order chi connectivity index (χ1) is 18.5. The molecule has 0 saturated carbocycles. The third-order valence-corrected chi connectivity index (χ3v) is 8.38. The van der Waals surface area contributed by atoms with Gasteiger partial charge in [0.25, 0.3) is 0 Å². The van der Waals surface area contributed by atoms with Gasteiger partial charge in [-0.05, 0) is 77.0 Å². The third kappa shape index (κ3) is 5.07. The molecule has 0 bridgehead atoms. The van der Waals surface area contributed by atoms with Crippen LogP contribution in [-0.4, -0.2) is 25.6 Å². The lowest BCUT2D eigenvalue weighted by atomic mass is 9.98. The summed E-state index contributed by atoms with van der Waals surface area (Å²) in [6, 6.07) is 32.7. The van der Waals surface area contributed by atoms with E-state index in [0.717, 1.165) is 42.6 Å². The fraction of sp³-hybridized carbons (Fsp3) is 0.100. The average molecular weight is 599 g/mol. The highest BCUT2D eigenvalue weighted by atomic mass is 79.9. The van der Waals surface area contributed by atoms with Crippen LogP contribution < -0.4 is 5.32 Å². The maximum atomic E-state index is 5.94. The number of para-hydroxylation sites is 2. The number of hydrogen-bond acceptors (Lipinski definition) is 4. The molecule has 1 atom stereocenters. The van der Waals surface area contributed by atoms with E-state index in [-0.39, 0.29) is 6.04 Å². The number of aryl methyl sites for hydroxylation is 1. The SMILES string of the molecule is Cc1ccc(C2=NN(C(=S)Nc3ccccc3)C(c3cn(-c4ccccc4)nc3-c3ccc(Br)s3)C2)cc1. The Bertz CT molecular complexity index is 1610. The molecule has 0 fully saturated rings. The fourth-order valence-electron chi connectivity index (χ4n) is 4.54. The molecule has 1 N–H and O–H groups in total. The number of thiophene rings is 1. The molecule has 0 saturated heterocycles. The number of benzene rings is 3. The van der Waals surface area contributed by atoms with E-state index in [1.165, 1.54) is 5.56 Å². The lowest BCUT2D eigenvalue weighted by Gasteiger charge is -2.24. The molecule has 0 spiro atoms. The van der Waals surface area contributed by atoms with Crippen molar-refractivity contribution in [3.63, 3.8) is 0 Å². The molecule has 0 aliphatic carbocycles. The summed E-state index contributed by atoms with van der Waals surface area (Å²) in [5.74, 6) is 0. The van der Waals surface area contributed by atoms with Crippen LogP contribution in [0.5, 0.6) is 0 Å².